The zero-order valence-electron chi connectivity index (χ0n) is 6.50. The molecule has 0 unspecified atom stereocenters. The summed E-state index contributed by atoms with van der Waals surface area (Å²) in [7, 11) is 0. The second-order valence-corrected chi connectivity index (χ2v) is 4.84. The summed E-state index contributed by atoms with van der Waals surface area (Å²) in [6, 6.07) is 7.86. The smallest absolute Gasteiger partial charge is 0.191 e. The summed E-state index contributed by atoms with van der Waals surface area (Å²) >= 11 is 3.37. The van der Waals surface area contributed by atoms with Crippen molar-refractivity contribution < 1.29 is 4.18 Å². The molecule has 1 aromatic rings. The highest BCUT2D eigenvalue weighted by molar-refractivity contribution is 9.10. The van der Waals surface area contributed by atoms with Crippen molar-refractivity contribution >= 4 is 27.1 Å². The topological polar surface area (TPSA) is 9.23 Å². The molecule has 0 N–H and O–H groups in total. The Hall–Kier alpha value is -0.150. The van der Waals surface area contributed by atoms with Crippen molar-refractivity contribution in [2.75, 3.05) is 12.5 Å². The van der Waals surface area contributed by atoms with E-state index >= 15 is 0 Å². The van der Waals surface area contributed by atoms with Crippen molar-refractivity contribution in [1.29, 1.82) is 0 Å². The normalized spacial score (nSPS) is 10.2. The maximum absolute atomic E-state index is 5.48. The molecular weight excluding hydrogens is 224 g/mol. The lowest BCUT2D eigenvalue weighted by Gasteiger charge is -1.97. The summed E-state index contributed by atoms with van der Waals surface area (Å²) in [5, 5.41) is 0. The van der Waals surface area contributed by atoms with Gasteiger partial charge in [-0.05, 0) is 24.3 Å². The molecule has 0 heterocycles. The number of benzene rings is 1. The van der Waals surface area contributed by atoms with E-state index in [1.807, 2.05) is 36.8 Å². The third kappa shape index (κ3) is 3.16. The molecule has 3 heteroatoms. The van der Waals surface area contributed by atoms with Crippen molar-refractivity contribution in [2.45, 2.75) is 0 Å². The van der Waals surface area contributed by atoms with E-state index in [0.29, 0.717) is 0 Å². The second-order valence-electron chi connectivity index (χ2n) is 2.28. The molecule has 0 aliphatic rings. The SMILES string of the molecule is C[S+](C)Oc1ccc(Br)cc1. The lowest BCUT2D eigenvalue weighted by atomic mass is 10.3. The van der Waals surface area contributed by atoms with Gasteiger partial charge in [-0.3, -0.25) is 4.18 Å². The Morgan fingerprint density at radius 3 is 2.18 bits per heavy atom. The van der Waals surface area contributed by atoms with E-state index in [4.69, 9.17) is 4.18 Å². The molecule has 0 amide bonds. The van der Waals surface area contributed by atoms with Gasteiger partial charge < -0.3 is 0 Å². The van der Waals surface area contributed by atoms with Crippen LogP contribution in [0.2, 0.25) is 0 Å². The molecular formula is C8H10BrOS+. The summed E-state index contributed by atoms with van der Waals surface area (Å²) in [4.78, 5) is 0. The van der Waals surface area contributed by atoms with Gasteiger partial charge in [-0.25, -0.2) is 0 Å². The van der Waals surface area contributed by atoms with Crippen LogP contribution in [-0.4, -0.2) is 12.5 Å². The monoisotopic (exact) mass is 233 g/mol. The van der Waals surface area contributed by atoms with Gasteiger partial charge >= 0.3 is 0 Å². The Morgan fingerprint density at radius 1 is 1.18 bits per heavy atom. The first-order valence-corrected chi connectivity index (χ1v) is 5.96. The Bertz CT molecular complexity index is 220. The van der Waals surface area contributed by atoms with E-state index < -0.39 is 0 Å². The van der Waals surface area contributed by atoms with Crippen molar-refractivity contribution in [1.82, 2.24) is 0 Å². The Kier molecular flexibility index (Phi) is 3.27. The summed E-state index contributed by atoms with van der Waals surface area (Å²) < 4.78 is 6.56. The number of hydrogen-bond donors (Lipinski definition) is 0. The van der Waals surface area contributed by atoms with Gasteiger partial charge in [-0.2, -0.15) is 0 Å². The van der Waals surface area contributed by atoms with Crippen LogP contribution in [0.25, 0.3) is 0 Å². The summed E-state index contributed by atoms with van der Waals surface area (Å²) in [6.45, 7) is 0. The fourth-order valence-corrected chi connectivity index (χ4v) is 1.44. The zero-order chi connectivity index (χ0) is 8.27. The maximum Gasteiger partial charge on any atom is 0.191 e. The van der Waals surface area contributed by atoms with Crippen LogP contribution in [0.3, 0.4) is 0 Å². The number of rotatable bonds is 2. The molecule has 0 radical (unpaired) electrons. The molecule has 60 valence electrons. The van der Waals surface area contributed by atoms with Crippen LogP contribution in [0.5, 0.6) is 5.75 Å². The van der Waals surface area contributed by atoms with Crippen LogP contribution in [0.1, 0.15) is 0 Å². The van der Waals surface area contributed by atoms with Crippen molar-refractivity contribution in [3.8, 4) is 5.75 Å². The van der Waals surface area contributed by atoms with E-state index in [-0.39, 0.29) is 11.2 Å². The van der Waals surface area contributed by atoms with E-state index in [1.54, 1.807) is 0 Å². The predicted octanol–water partition coefficient (Wildman–Crippen LogP) is 2.62. The van der Waals surface area contributed by atoms with Crippen molar-refractivity contribution in [3.05, 3.63) is 28.7 Å². The number of halogens is 1. The zero-order valence-corrected chi connectivity index (χ0v) is 8.91. The molecule has 0 aliphatic heterocycles. The summed E-state index contributed by atoms with van der Waals surface area (Å²) in [6.07, 6.45) is 4.09. The van der Waals surface area contributed by atoms with Gasteiger partial charge in [0.2, 0.25) is 0 Å². The average molecular weight is 234 g/mol. The highest BCUT2D eigenvalue weighted by Gasteiger charge is 2.04. The number of hydrogen-bond acceptors (Lipinski definition) is 1. The van der Waals surface area contributed by atoms with Gasteiger partial charge in [0, 0.05) is 4.47 Å². The molecule has 0 spiro atoms. The van der Waals surface area contributed by atoms with Gasteiger partial charge in [0.15, 0.2) is 16.9 Å². The van der Waals surface area contributed by atoms with Gasteiger partial charge in [0.1, 0.15) is 12.5 Å². The highest BCUT2D eigenvalue weighted by Crippen LogP contribution is 2.17. The molecule has 1 nitrogen and oxygen atoms in total. The van der Waals surface area contributed by atoms with Crippen LogP contribution in [0.15, 0.2) is 28.7 Å². The fraction of sp³-hybridized carbons (Fsp3) is 0.250. The average Bonchev–Trinajstić information content (AvgIpc) is 1.93. The summed E-state index contributed by atoms with van der Waals surface area (Å²) in [5.74, 6) is 0.932. The van der Waals surface area contributed by atoms with Crippen LogP contribution < -0.4 is 4.18 Å². The van der Waals surface area contributed by atoms with Gasteiger partial charge in [-0.15, -0.1) is 0 Å². The Balaban J connectivity index is 2.66. The molecule has 0 fully saturated rings. The van der Waals surface area contributed by atoms with E-state index in [2.05, 4.69) is 15.9 Å². The standard InChI is InChI=1S/C8H10BrOS/c1-11(2)10-8-5-3-7(9)4-6-8/h3-6H,1-2H3/q+1. The van der Waals surface area contributed by atoms with Crippen molar-refractivity contribution in [2.24, 2.45) is 0 Å². The lowest BCUT2D eigenvalue weighted by molar-refractivity contribution is 0.635. The quantitative estimate of drug-likeness (QED) is 0.715. The molecule has 0 aromatic heterocycles. The van der Waals surface area contributed by atoms with Crippen LogP contribution in [0, 0.1) is 0 Å². The summed E-state index contributed by atoms with van der Waals surface area (Å²) in [5.41, 5.74) is 0. The van der Waals surface area contributed by atoms with Gasteiger partial charge in [0.25, 0.3) is 0 Å². The first kappa shape index (κ1) is 8.94. The van der Waals surface area contributed by atoms with E-state index in [1.165, 1.54) is 0 Å². The minimum absolute atomic E-state index is 0.0115. The highest BCUT2D eigenvalue weighted by atomic mass is 79.9. The van der Waals surface area contributed by atoms with Gasteiger partial charge in [0.05, 0.1) is 0 Å². The molecule has 1 aromatic carbocycles. The van der Waals surface area contributed by atoms with Crippen LogP contribution in [0.4, 0.5) is 0 Å². The fourth-order valence-electron chi connectivity index (χ4n) is 0.683. The maximum atomic E-state index is 5.48. The molecule has 0 saturated heterocycles. The largest absolute Gasteiger partial charge is 0.287 e. The molecule has 0 bridgehead atoms. The molecule has 0 aliphatic carbocycles. The molecule has 11 heavy (non-hydrogen) atoms. The molecule has 0 saturated carbocycles. The van der Waals surface area contributed by atoms with Crippen LogP contribution in [-0.2, 0) is 11.2 Å². The lowest BCUT2D eigenvalue weighted by Crippen LogP contribution is -2.03. The van der Waals surface area contributed by atoms with Crippen LogP contribution >= 0.6 is 15.9 Å². The minimum atomic E-state index is 0.0115. The molecule has 0 atom stereocenters. The second kappa shape index (κ2) is 4.02. The first-order valence-electron chi connectivity index (χ1n) is 3.20. The first-order chi connectivity index (χ1) is 5.18. The van der Waals surface area contributed by atoms with Gasteiger partial charge in [-0.1, -0.05) is 15.9 Å². The predicted molar refractivity (Wildman–Crippen MR) is 54.0 cm³/mol. The van der Waals surface area contributed by atoms with Crippen molar-refractivity contribution in [3.63, 3.8) is 0 Å². The Morgan fingerprint density at radius 2 is 1.73 bits per heavy atom. The molecule has 1 rings (SSSR count). The third-order valence-electron chi connectivity index (χ3n) is 1.08. The Labute approximate surface area is 78.4 Å². The minimum Gasteiger partial charge on any atom is -0.287 e. The van der Waals surface area contributed by atoms with E-state index in [0.717, 1.165) is 10.2 Å². The van der Waals surface area contributed by atoms with E-state index in [9.17, 15) is 0 Å². The third-order valence-corrected chi connectivity index (χ3v) is 2.13.